The van der Waals surface area contributed by atoms with Crippen LogP contribution in [0.3, 0.4) is 0 Å². The quantitative estimate of drug-likeness (QED) is 0.391. The zero-order chi connectivity index (χ0) is 22.9. The fourth-order valence-electron chi connectivity index (χ4n) is 4.30. The lowest BCUT2D eigenvalue weighted by Gasteiger charge is -2.32. The molecule has 1 aliphatic rings. The molecule has 1 N–H and O–H groups in total. The van der Waals surface area contributed by atoms with Gasteiger partial charge in [0.25, 0.3) is 5.91 Å². The Labute approximate surface area is 205 Å². The summed E-state index contributed by atoms with van der Waals surface area (Å²) in [5.41, 5.74) is 3.14. The third kappa shape index (κ3) is 4.37. The maximum absolute atomic E-state index is 12.8. The summed E-state index contributed by atoms with van der Waals surface area (Å²) in [4.78, 5) is 19.5. The number of fused-ring (bicyclic) bond motifs is 1. The number of nitrogens with zero attached hydrogens (tertiary/aromatic N) is 5. The molecule has 0 aliphatic carbocycles. The van der Waals surface area contributed by atoms with Crippen molar-refractivity contribution in [3.8, 4) is 11.3 Å². The van der Waals surface area contributed by atoms with E-state index in [0.29, 0.717) is 10.9 Å². The molecule has 1 aromatic carbocycles. The Morgan fingerprint density at radius 1 is 1.21 bits per heavy atom. The SMILES string of the molecule is Cn1cccc1C(=O)N1CCC(CNc2cc(-c3ccccc3Cl)nc3c(Br)cnn23)CC1. The lowest BCUT2D eigenvalue weighted by Crippen LogP contribution is -2.40. The van der Waals surface area contributed by atoms with Gasteiger partial charge in [0.2, 0.25) is 0 Å². The van der Waals surface area contributed by atoms with Crippen LogP contribution < -0.4 is 5.32 Å². The molecule has 170 valence electrons. The van der Waals surface area contributed by atoms with Crippen LogP contribution in [0.5, 0.6) is 0 Å². The number of carbonyl (C=O) groups excluding carboxylic acids is 1. The van der Waals surface area contributed by atoms with Crippen LogP contribution in [0, 0.1) is 5.92 Å². The zero-order valence-electron chi connectivity index (χ0n) is 18.2. The van der Waals surface area contributed by atoms with Gasteiger partial charge in [-0.3, -0.25) is 4.79 Å². The highest BCUT2D eigenvalue weighted by Crippen LogP contribution is 2.30. The van der Waals surface area contributed by atoms with E-state index >= 15 is 0 Å². The minimum Gasteiger partial charge on any atom is -0.370 e. The van der Waals surface area contributed by atoms with Crippen molar-refractivity contribution in [1.82, 2.24) is 24.1 Å². The summed E-state index contributed by atoms with van der Waals surface area (Å²) in [6, 6.07) is 13.5. The number of aromatic nitrogens is 4. The first-order chi connectivity index (χ1) is 16.0. The monoisotopic (exact) mass is 526 g/mol. The number of benzene rings is 1. The van der Waals surface area contributed by atoms with Crippen LogP contribution in [-0.4, -0.2) is 49.6 Å². The molecule has 1 aliphatic heterocycles. The number of hydrogen-bond donors (Lipinski definition) is 1. The van der Waals surface area contributed by atoms with Crippen molar-refractivity contribution in [3.05, 3.63) is 70.0 Å². The van der Waals surface area contributed by atoms with E-state index in [2.05, 4.69) is 26.3 Å². The molecule has 7 nitrogen and oxygen atoms in total. The van der Waals surface area contributed by atoms with Gasteiger partial charge in [0.1, 0.15) is 11.5 Å². The summed E-state index contributed by atoms with van der Waals surface area (Å²) in [6.07, 6.45) is 5.57. The van der Waals surface area contributed by atoms with E-state index in [1.165, 1.54) is 0 Å². The van der Waals surface area contributed by atoms with E-state index in [-0.39, 0.29) is 5.91 Å². The Morgan fingerprint density at radius 2 is 2.00 bits per heavy atom. The predicted octanol–water partition coefficient (Wildman–Crippen LogP) is 5.12. The summed E-state index contributed by atoms with van der Waals surface area (Å²) in [5.74, 6) is 1.44. The van der Waals surface area contributed by atoms with Crippen LogP contribution >= 0.6 is 27.5 Å². The number of carbonyl (C=O) groups is 1. The van der Waals surface area contributed by atoms with Crippen LogP contribution in [0.1, 0.15) is 23.3 Å². The molecular weight excluding hydrogens is 504 g/mol. The number of likely N-dealkylation sites (tertiary alicyclic amines) is 1. The maximum Gasteiger partial charge on any atom is 0.270 e. The summed E-state index contributed by atoms with van der Waals surface area (Å²) in [6.45, 7) is 2.32. The largest absolute Gasteiger partial charge is 0.370 e. The molecule has 1 amide bonds. The molecule has 9 heteroatoms. The van der Waals surface area contributed by atoms with E-state index < -0.39 is 0 Å². The van der Waals surface area contributed by atoms with E-state index in [1.54, 1.807) is 10.7 Å². The van der Waals surface area contributed by atoms with Gasteiger partial charge in [-0.2, -0.15) is 9.61 Å². The molecule has 0 bridgehead atoms. The third-order valence-corrected chi connectivity index (χ3v) is 7.10. The lowest BCUT2D eigenvalue weighted by atomic mass is 9.96. The predicted molar refractivity (Wildman–Crippen MR) is 134 cm³/mol. The number of anilines is 1. The summed E-state index contributed by atoms with van der Waals surface area (Å²) in [5, 5.41) is 8.70. The zero-order valence-corrected chi connectivity index (χ0v) is 20.6. The van der Waals surface area contributed by atoms with Crippen molar-refractivity contribution in [2.45, 2.75) is 12.8 Å². The molecule has 4 heterocycles. The van der Waals surface area contributed by atoms with Crippen LogP contribution in [0.2, 0.25) is 5.02 Å². The van der Waals surface area contributed by atoms with Gasteiger partial charge in [0, 0.05) is 49.5 Å². The molecule has 0 unspecified atom stereocenters. The first kappa shape index (κ1) is 22.0. The second-order valence-electron chi connectivity index (χ2n) is 8.36. The van der Waals surface area contributed by atoms with E-state index in [0.717, 1.165) is 65.4 Å². The fraction of sp³-hybridized carbons (Fsp3) is 0.292. The molecule has 0 radical (unpaired) electrons. The number of amides is 1. The van der Waals surface area contributed by atoms with Gasteiger partial charge in [0.15, 0.2) is 5.65 Å². The average Bonchev–Trinajstić information content (AvgIpc) is 3.43. The first-order valence-corrected chi connectivity index (χ1v) is 12.1. The number of rotatable bonds is 5. The molecule has 1 saturated heterocycles. The molecule has 0 spiro atoms. The molecule has 4 aromatic rings. The van der Waals surface area contributed by atoms with Crippen molar-refractivity contribution < 1.29 is 4.79 Å². The Balaban J connectivity index is 1.30. The molecular formula is C24H24BrClN6O. The third-order valence-electron chi connectivity index (χ3n) is 6.22. The second-order valence-corrected chi connectivity index (χ2v) is 9.62. The van der Waals surface area contributed by atoms with Gasteiger partial charge < -0.3 is 14.8 Å². The molecule has 33 heavy (non-hydrogen) atoms. The summed E-state index contributed by atoms with van der Waals surface area (Å²) < 4.78 is 4.51. The smallest absolute Gasteiger partial charge is 0.270 e. The number of halogens is 2. The Bertz CT molecular complexity index is 1310. The average molecular weight is 528 g/mol. The molecule has 0 atom stereocenters. The number of piperidine rings is 1. The normalized spacial score (nSPS) is 14.7. The summed E-state index contributed by atoms with van der Waals surface area (Å²) in [7, 11) is 1.91. The molecule has 0 saturated carbocycles. The Hall–Kier alpha value is -2.84. The second kappa shape index (κ2) is 9.19. The first-order valence-electron chi connectivity index (χ1n) is 10.9. The van der Waals surface area contributed by atoms with Crippen molar-refractivity contribution in [3.63, 3.8) is 0 Å². The van der Waals surface area contributed by atoms with Crippen LogP contribution in [0.15, 0.2) is 59.3 Å². The van der Waals surface area contributed by atoms with Gasteiger partial charge in [-0.15, -0.1) is 0 Å². The van der Waals surface area contributed by atoms with Crippen molar-refractivity contribution in [1.29, 1.82) is 0 Å². The molecule has 5 rings (SSSR count). The van der Waals surface area contributed by atoms with Gasteiger partial charge in [-0.1, -0.05) is 29.8 Å². The van der Waals surface area contributed by atoms with Crippen molar-refractivity contribution in [2.24, 2.45) is 13.0 Å². The highest BCUT2D eigenvalue weighted by molar-refractivity contribution is 9.10. The lowest BCUT2D eigenvalue weighted by molar-refractivity contribution is 0.0685. The number of nitrogens with one attached hydrogen (secondary N) is 1. The Morgan fingerprint density at radius 3 is 2.73 bits per heavy atom. The van der Waals surface area contributed by atoms with Gasteiger partial charge in [-0.25, -0.2) is 4.98 Å². The fourth-order valence-corrected chi connectivity index (χ4v) is 4.88. The van der Waals surface area contributed by atoms with Gasteiger partial charge in [-0.05, 0) is 52.9 Å². The minimum atomic E-state index is 0.107. The molecule has 1 fully saturated rings. The highest BCUT2D eigenvalue weighted by atomic mass is 79.9. The van der Waals surface area contributed by atoms with E-state index in [4.69, 9.17) is 16.6 Å². The number of aryl methyl sites for hydroxylation is 1. The topological polar surface area (TPSA) is 67.5 Å². The minimum absolute atomic E-state index is 0.107. The highest BCUT2D eigenvalue weighted by Gasteiger charge is 2.25. The maximum atomic E-state index is 12.8. The van der Waals surface area contributed by atoms with Gasteiger partial charge >= 0.3 is 0 Å². The van der Waals surface area contributed by atoms with Crippen LogP contribution in [0.4, 0.5) is 5.82 Å². The van der Waals surface area contributed by atoms with Crippen molar-refractivity contribution in [2.75, 3.05) is 25.0 Å². The summed E-state index contributed by atoms with van der Waals surface area (Å²) >= 11 is 9.98. The van der Waals surface area contributed by atoms with Crippen LogP contribution in [0.25, 0.3) is 16.9 Å². The van der Waals surface area contributed by atoms with Gasteiger partial charge in [0.05, 0.1) is 16.4 Å². The molecule has 3 aromatic heterocycles. The Kier molecular flexibility index (Phi) is 6.12. The standard InChI is InChI=1S/C24H24BrClN6O/c1-30-10-4-7-21(30)24(33)31-11-8-16(9-12-31)14-27-22-13-20(17-5-2-3-6-19(17)26)29-23-18(25)15-28-32(22)23/h2-7,10,13,15-16,27H,8-9,11-12,14H2,1H3. The van der Waals surface area contributed by atoms with Crippen LogP contribution in [-0.2, 0) is 7.05 Å². The van der Waals surface area contributed by atoms with Crippen molar-refractivity contribution >= 4 is 44.9 Å². The van der Waals surface area contributed by atoms with E-state index in [9.17, 15) is 4.79 Å². The number of hydrogen-bond acceptors (Lipinski definition) is 4. The van der Waals surface area contributed by atoms with E-state index in [1.807, 2.05) is 65.2 Å².